The van der Waals surface area contributed by atoms with Crippen molar-refractivity contribution in [2.24, 2.45) is 0 Å². The summed E-state index contributed by atoms with van der Waals surface area (Å²) in [6.45, 7) is 7.10. The van der Waals surface area contributed by atoms with Crippen molar-refractivity contribution in [2.45, 2.75) is 25.8 Å². The van der Waals surface area contributed by atoms with Crippen LogP contribution in [0.3, 0.4) is 0 Å². The molecule has 3 heteroatoms. The van der Waals surface area contributed by atoms with Crippen LogP contribution in [0, 0.1) is 0 Å². The number of nitrogens with zero attached hydrogens (tertiary/aromatic N) is 1. The molecule has 33 heavy (non-hydrogen) atoms. The molecule has 4 rings (SSSR count). The molecular weight excluding hydrogens is 418 g/mol. The maximum absolute atomic E-state index is 5.31. The molecule has 4 aromatic rings. The first-order valence-corrected chi connectivity index (χ1v) is 13.4. The largest absolute Gasteiger partial charge is 0.497 e. The Balaban J connectivity index is 1.95. The topological polar surface area (TPSA) is 22.1 Å². The summed E-state index contributed by atoms with van der Waals surface area (Å²) >= 11 is 0. The third-order valence-corrected chi connectivity index (χ3v) is 12.1. The molecule has 2 nitrogen and oxygen atoms in total. The zero-order valence-corrected chi connectivity index (χ0v) is 20.8. The monoisotopic (exact) mass is 449 g/mol. The van der Waals surface area contributed by atoms with Crippen LogP contribution in [0.1, 0.15) is 31.9 Å². The molecule has 166 valence electrons. The Morgan fingerprint density at radius 3 is 2.03 bits per heavy atom. The molecule has 1 atom stereocenters. The predicted molar refractivity (Wildman–Crippen MR) is 143 cm³/mol. The highest BCUT2D eigenvalue weighted by atomic mass is 28.3. The van der Waals surface area contributed by atoms with Crippen LogP contribution in [-0.4, -0.2) is 20.2 Å². The minimum atomic E-state index is -2.51. The van der Waals surface area contributed by atoms with E-state index in [9.17, 15) is 0 Å². The fourth-order valence-corrected chi connectivity index (χ4v) is 10.4. The van der Waals surface area contributed by atoms with Crippen LogP contribution < -0.4 is 20.4 Å². The molecule has 0 bridgehead atoms. The minimum absolute atomic E-state index is 0.00718. The lowest BCUT2D eigenvalue weighted by molar-refractivity contribution is 0.415. The first-order chi connectivity index (χ1) is 16.0. The van der Waals surface area contributed by atoms with Crippen LogP contribution in [0.15, 0.2) is 103 Å². The van der Waals surface area contributed by atoms with Gasteiger partial charge in [-0.25, -0.2) is 0 Å². The lowest BCUT2D eigenvalue weighted by Gasteiger charge is -2.44. The smallest absolute Gasteiger partial charge is 0.177 e. The minimum Gasteiger partial charge on any atom is -0.497 e. The third kappa shape index (κ3) is 4.42. The highest BCUT2D eigenvalue weighted by Gasteiger charge is 2.51. The second-order valence-corrected chi connectivity index (χ2v) is 13.9. The number of methoxy groups -OCH3 is 1. The first-order valence-electron chi connectivity index (χ1n) is 11.4. The lowest BCUT2D eigenvalue weighted by atomic mass is 10.1. The Hall–Kier alpha value is -3.43. The Morgan fingerprint density at radius 1 is 0.727 bits per heavy atom. The van der Waals surface area contributed by atoms with Gasteiger partial charge in [-0.2, -0.15) is 0 Å². The fraction of sp³-hybridized carbons (Fsp3) is 0.167. The van der Waals surface area contributed by atoms with Crippen LogP contribution in [0.2, 0.25) is 5.04 Å². The van der Waals surface area contributed by atoms with E-state index < -0.39 is 8.07 Å². The maximum atomic E-state index is 5.31. The summed E-state index contributed by atoms with van der Waals surface area (Å²) in [5.41, 5.74) is 2.38. The van der Waals surface area contributed by atoms with Crippen molar-refractivity contribution in [1.82, 2.24) is 4.98 Å². The van der Waals surface area contributed by atoms with E-state index in [1.54, 1.807) is 7.11 Å². The normalized spacial score (nSPS) is 13.6. The lowest BCUT2D eigenvalue weighted by Crippen LogP contribution is -2.73. The molecule has 0 fully saturated rings. The molecule has 0 amide bonds. The van der Waals surface area contributed by atoms with Crippen LogP contribution in [0.4, 0.5) is 0 Å². The number of rotatable bonds is 6. The van der Waals surface area contributed by atoms with Gasteiger partial charge in [0, 0.05) is 11.5 Å². The summed E-state index contributed by atoms with van der Waals surface area (Å²) < 4.78 is 5.31. The van der Waals surface area contributed by atoms with Gasteiger partial charge in [-0.3, -0.25) is 4.98 Å². The number of aromatic nitrogens is 1. The van der Waals surface area contributed by atoms with Gasteiger partial charge in [0.1, 0.15) is 5.75 Å². The highest BCUT2D eigenvalue weighted by Crippen LogP contribution is 2.36. The molecule has 0 saturated heterocycles. The number of hydrogen-bond acceptors (Lipinski definition) is 2. The molecule has 1 aromatic heterocycles. The quantitative estimate of drug-likeness (QED) is 0.285. The molecule has 0 spiro atoms. The van der Waals surface area contributed by atoms with Gasteiger partial charge in [0.2, 0.25) is 0 Å². The van der Waals surface area contributed by atoms with Gasteiger partial charge < -0.3 is 4.74 Å². The fourth-order valence-electron chi connectivity index (χ4n) is 4.82. The zero-order chi connectivity index (χ0) is 23.3. The molecule has 0 aliphatic rings. The predicted octanol–water partition coefficient (Wildman–Crippen LogP) is 5.53. The molecule has 0 aliphatic carbocycles. The first kappa shape index (κ1) is 22.7. The van der Waals surface area contributed by atoms with Gasteiger partial charge in [-0.15, -0.1) is 0 Å². The molecule has 0 aliphatic heterocycles. The molecule has 0 unspecified atom stereocenters. The zero-order valence-electron chi connectivity index (χ0n) is 19.8. The Labute approximate surface area is 198 Å². The van der Waals surface area contributed by atoms with E-state index in [1.807, 2.05) is 24.4 Å². The Bertz CT molecular complexity index is 1170. The van der Waals surface area contributed by atoms with E-state index in [-0.39, 0.29) is 5.04 Å². The highest BCUT2D eigenvalue weighted by molar-refractivity contribution is 7.13. The van der Waals surface area contributed by atoms with Crippen molar-refractivity contribution in [3.05, 3.63) is 114 Å². The van der Waals surface area contributed by atoms with Crippen molar-refractivity contribution in [2.75, 3.05) is 7.11 Å². The number of ether oxygens (including phenoxy) is 1. The van der Waals surface area contributed by atoms with Crippen LogP contribution in [-0.2, 0) is 0 Å². The molecule has 0 radical (unpaired) electrons. The van der Waals surface area contributed by atoms with Gasteiger partial charge in [0.15, 0.2) is 8.07 Å². The van der Waals surface area contributed by atoms with Crippen LogP contribution >= 0.6 is 0 Å². The van der Waals surface area contributed by atoms with Crippen molar-refractivity contribution >= 4 is 35.9 Å². The van der Waals surface area contributed by atoms with Crippen molar-refractivity contribution < 1.29 is 4.74 Å². The average molecular weight is 450 g/mol. The van der Waals surface area contributed by atoms with Gasteiger partial charge in [0.25, 0.3) is 0 Å². The summed E-state index contributed by atoms with van der Waals surface area (Å²) in [7, 11) is -0.812. The van der Waals surface area contributed by atoms with E-state index >= 15 is 0 Å². The van der Waals surface area contributed by atoms with E-state index in [4.69, 9.17) is 9.72 Å². The van der Waals surface area contributed by atoms with Gasteiger partial charge >= 0.3 is 0 Å². The molecule has 1 heterocycles. The van der Waals surface area contributed by atoms with Crippen LogP contribution in [0.25, 0.3) is 12.2 Å². The number of hydrogen-bond donors (Lipinski definition) is 0. The number of pyridine rings is 1. The van der Waals surface area contributed by atoms with Crippen molar-refractivity contribution in [3.8, 4) is 5.75 Å². The summed E-state index contributed by atoms with van der Waals surface area (Å²) in [5, 5.41) is 3.94. The maximum Gasteiger partial charge on any atom is 0.177 e. The molecular formula is C30H31NOSi. The molecule has 3 aromatic carbocycles. The number of benzene rings is 3. The summed E-state index contributed by atoms with van der Waals surface area (Å²) in [5.74, 6) is 0.867. The summed E-state index contributed by atoms with van der Waals surface area (Å²) in [6, 6.07) is 34.3. The van der Waals surface area contributed by atoms with Gasteiger partial charge in [0.05, 0.1) is 7.11 Å². The molecule has 0 saturated carbocycles. The van der Waals surface area contributed by atoms with Crippen LogP contribution in [0.5, 0.6) is 5.75 Å². The van der Waals surface area contributed by atoms with Gasteiger partial charge in [-0.05, 0) is 50.8 Å². The summed E-state index contributed by atoms with van der Waals surface area (Å²) in [4.78, 5) is 4.97. The standard InChI is InChI=1S/C30H31NOSi/c1-30(2,3)33(27-13-6-5-7-14-27,29-16-10-11-23-31-29)28-15-9-8-12-25(28)20-17-24-18-21-26(32-4)22-19-24/h5-23H,1-4H3/b20-17+/t33-/m1/s1. The molecule has 0 N–H and O–H groups in total. The van der Waals surface area contributed by atoms with Gasteiger partial charge in [-0.1, -0.05) is 106 Å². The van der Waals surface area contributed by atoms with E-state index in [0.29, 0.717) is 0 Å². The van der Waals surface area contributed by atoms with E-state index in [1.165, 1.54) is 21.3 Å². The second kappa shape index (κ2) is 9.59. The van der Waals surface area contributed by atoms with Crippen molar-refractivity contribution in [3.63, 3.8) is 0 Å². The summed E-state index contributed by atoms with van der Waals surface area (Å²) in [6.07, 6.45) is 6.36. The SMILES string of the molecule is COc1ccc(/C=C/c2ccccc2[Si@](c2ccccc2)(c2ccccn2)C(C)(C)C)cc1. The van der Waals surface area contributed by atoms with E-state index in [0.717, 1.165) is 11.3 Å². The average Bonchev–Trinajstić information content (AvgIpc) is 2.85. The second-order valence-electron chi connectivity index (χ2n) is 9.27. The Morgan fingerprint density at radius 2 is 1.39 bits per heavy atom. The van der Waals surface area contributed by atoms with E-state index in [2.05, 4.69) is 112 Å². The Kier molecular flexibility index (Phi) is 6.61. The third-order valence-electron chi connectivity index (χ3n) is 6.32. The van der Waals surface area contributed by atoms with Crippen molar-refractivity contribution in [1.29, 1.82) is 0 Å².